The highest BCUT2D eigenvalue weighted by atomic mass is 32.1. The molecule has 4 rings (SSSR count). The Morgan fingerprint density at radius 3 is 2.97 bits per heavy atom. The number of aromatic hydroxyl groups is 1. The minimum atomic E-state index is -0.313. The first kappa shape index (κ1) is 23.1. The fraction of sp³-hybridized carbons (Fsp3) is 0.417. The molecule has 33 heavy (non-hydrogen) atoms. The monoisotopic (exact) mass is 468 g/mol. The Labute approximate surface area is 196 Å². The summed E-state index contributed by atoms with van der Waals surface area (Å²) in [6.45, 7) is 6.28. The molecule has 9 heteroatoms. The number of amides is 1. The normalized spacial score (nSPS) is 17.9. The Morgan fingerprint density at radius 2 is 2.21 bits per heavy atom. The van der Waals surface area contributed by atoms with Crippen LogP contribution in [0.1, 0.15) is 43.6 Å². The second kappa shape index (κ2) is 10.7. The number of nitrogens with one attached hydrogen (secondary N) is 1. The molecule has 0 spiro atoms. The SMILES string of the molecule is CCOC1=CC(=NC(C)=O)N=c2ccc(=Cc3sc(NCCC4CCOCC4)nc3O)cc21. The molecule has 1 fully saturated rings. The lowest BCUT2D eigenvalue weighted by Gasteiger charge is -2.21. The maximum Gasteiger partial charge on any atom is 0.244 e. The van der Waals surface area contributed by atoms with E-state index in [4.69, 9.17) is 9.47 Å². The van der Waals surface area contributed by atoms with Crippen molar-refractivity contribution < 1.29 is 19.4 Å². The van der Waals surface area contributed by atoms with E-state index in [0.717, 1.165) is 49.8 Å². The third-order valence-corrected chi connectivity index (χ3v) is 6.40. The van der Waals surface area contributed by atoms with E-state index in [2.05, 4.69) is 20.3 Å². The first-order valence-electron chi connectivity index (χ1n) is 11.2. The third kappa shape index (κ3) is 6.06. The summed E-state index contributed by atoms with van der Waals surface area (Å²) in [5, 5.41) is 16.0. The van der Waals surface area contributed by atoms with Gasteiger partial charge in [0, 0.05) is 38.3 Å². The highest BCUT2D eigenvalue weighted by Gasteiger charge is 2.15. The van der Waals surface area contributed by atoms with E-state index in [1.54, 1.807) is 6.08 Å². The van der Waals surface area contributed by atoms with Crippen molar-refractivity contribution in [1.82, 2.24) is 4.98 Å². The molecule has 2 aromatic rings. The number of carbonyl (C=O) groups excluding carboxylic acids is 1. The van der Waals surface area contributed by atoms with Gasteiger partial charge in [0.2, 0.25) is 11.8 Å². The molecule has 2 aliphatic heterocycles. The second-order valence-electron chi connectivity index (χ2n) is 7.94. The molecule has 0 saturated carbocycles. The van der Waals surface area contributed by atoms with Crippen molar-refractivity contribution in [2.24, 2.45) is 15.9 Å². The molecule has 0 bridgehead atoms. The zero-order chi connectivity index (χ0) is 23.2. The van der Waals surface area contributed by atoms with Crippen molar-refractivity contribution in [2.45, 2.75) is 33.1 Å². The Bertz CT molecular complexity index is 1200. The van der Waals surface area contributed by atoms with Crippen molar-refractivity contribution in [3.05, 3.63) is 45.3 Å². The van der Waals surface area contributed by atoms with Gasteiger partial charge in [0.25, 0.3) is 0 Å². The van der Waals surface area contributed by atoms with Crippen molar-refractivity contribution in [1.29, 1.82) is 0 Å². The van der Waals surface area contributed by atoms with Gasteiger partial charge in [-0.25, -0.2) is 4.99 Å². The number of thiazole rings is 1. The number of ether oxygens (including phenoxy) is 2. The molecule has 8 nitrogen and oxygen atoms in total. The molecule has 0 atom stereocenters. The number of amidine groups is 1. The lowest BCUT2D eigenvalue weighted by molar-refractivity contribution is -0.115. The van der Waals surface area contributed by atoms with E-state index in [-0.39, 0.29) is 11.8 Å². The van der Waals surface area contributed by atoms with Gasteiger partial charge in [-0.1, -0.05) is 17.4 Å². The smallest absolute Gasteiger partial charge is 0.244 e. The van der Waals surface area contributed by atoms with Crippen LogP contribution in [0.15, 0.2) is 34.3 Å². The number of benzene rings is 1. The average molecular weight is 469 g/mol. The van der Waals surface area contributed by atoms with Crippen LogP contribution >= 0.6 is 11.3 Å². The fourth-order valence-electron chi connectivity index (χ4n) is 3.85. The van der Waals surface area contributed by atoms with Crippen LogP contribution in [0.5, 0.6) is 5.88 Å². The highest BCUT2D eigenvalue weighted by Crippen LogP contribution is 2.29. The summed E-state index contributed by atoms with van der Waals surface area (Å²) in [4.78, 5) is 24.7. The van der Waals surface area contributed by atoms with Crippen LogP contribution in [0.2, 0.25) is 0 Å². The van der Waals surface area contributed by atoms with Gasteiger partial charge in [-0.3, -0.25) is 4.79 Å². The van der Waals surface area contributed by atoms with Crippen molar-refractivity contribution in [3.63, 3.8) is 0 Å². The van der Waals surface area contributed by atoms with Gasteiger partial charge in [0.15, 0.2) is 11.0 Å². The average Bonchev–Trinajstić information content (AvgIpc) is 3.13. The quantitative estimate of drug-likeness (QED) is 0.647. The zero-order valence-electron chi connectivity index (χ0n) is 18.8. The number of carbonyl (C=O) groups is 1. The van der Waals surface area contributed by atoms with E-state index >= 15 is 0 Å². The van der Waals surface area contributed by atoms with Crippen LogP contribution < -0.4 is 15.9 Å². The Kier molecular flexibility index (Phi) is 7.51. The first-order valence-corrected chi connectivity index (χ1v) is 12.0. The van der Waals surface area contributed by atoms with Crippen LogP contribution in [0, 0.1) is 5.92 Å². The molecular weight excluding hydrogens is 440 g/mol. The number of aliphatic imine (C=N–C) groups is 1. The molecule has 1 aromatic carbocycles. The topological polar surface area (TPSA) is 105 Å². The van der Waals surface area contributed by atoms with Crippen molar-refractivity contribution in [2.75, 3.05) is 31.7 Å². The summed E-state index contributed by atoms with van der Waals surface area (Å²) in [5.41, 5.74) is 0.812. The molecule has 174 valence electrons. The molecular formula is C24H28N4O4S. The maximum absolute atomic E-state index is 11.4. The van der Waals surface area contributed by atoms with E-state index < -0.39 is 0 Å². The summed E-state index contributed by atoms with van der Waals surface area (Å²) in [6, 6.07) is 5.70. The zero-order valence-corrected chi connectivity index (χ0v) is 19.7. The molecule has 1 saturated heterocycles. The van der Waals surface area contributed by atoms with E-state index in [0.29, 0.717) is 39.5 Å². The van der Waals surface area contributed by atoms with Gasteiger partial charge in [-0.05, 0) is 55.5 Å². The second-order valence-corrected chi connectivity index (χ2v) is 8.97. The van der Waals surface area contributed by atoms with Crippen LogP contribution in [0.25, 0.3) is 11.8 Å². The minimum absolute atomic E-state index is 0.00688. The van der Waals surface area contributed by atoms with Crippen molar-refractivity contribution >= 4 is 40.0 Å². The van der Waals surface area contributed by atoms with Crippen LogP contribution in [-0.4, -0.2) is 48.2 Å². The van der Waals surface area contributed by atoms with Gasteiger partial charge in [0.1, 0.15) is 5.76 Å². The van der Waals surface area contributed by atoms with E-state index in [1.165, 1.54) is 18.3 Å². The minimum Gasteiger partial charge on any atom is -0.493 e. The molecule has 3 heterocycles. The van der Waals surface area contributed by atoms with Crippen LogP contribution in [0.4, 0.5) is 5.13 Å². The fourth-order valence-corrected chi connectivity index (χ4v) is 4.69. The predicted molar refractivity (Wildman–Crippen MR) is 129 cm³/mol. The van der Waals surface area contributed by atoms with Gasteiger partial charge >= 0.3 is 0 Å². The third-order valence-electron chi connectivity index (χ3n) is 5.46. The molecule has 2 aliphatic rings. The number of nitrogens with zero attached hydrogens (tertiary/aromatic N) is 3. The van der Waals surface area contributed by atoms with Crippen LogP contribution in [-0.2, 0) is 14.3 Å². The van der Waals surface area contributed by atoms with E-state index in [9.17, 15) is 9.90 Å². The number of hydrogen-bond acceptors (Lipinski definition) is 7. The van der Waals surface area contributed by atoms with Crippen LogP contribution in [0.3, 0.4) is 0 Å². The van der Waals surface area contributed by atoms with Crippen molar-refractivity contribution in [3.8, 4) is 5.88 Å². The van der Waals surface area contributed by atoms with Gasteiger partial charge < -0.3 is 19.9 Å². The molecule has 1 aromatic heterocycles. The maximum atomic E-state index is 11.4. The van der Waals surface area contributed by atoms with Gasteiger partial charge in [-0.2, -0.15) is 9.98 Å². The number of anilines is 1. The molecule has 0 aliphatic carbocycles. The molecule has 0 unspecified atom stereocenters. The van der Waals surface area contributed by atoms with Gasteiger partial charge in [-0.15, -0.1) is 0 Å². The standard InChI is InChI=1S/C24H28N4O4S/c1-3-32-20-14-22(26-15(2)29)27-19-5-4-17(12-18(19)20)13-21-23(30)28-24(33-21)25-9-6-16-7-10-31-11-8-16/h4-5,12-14,16,30H,3,6-11H2,1-2H3,(H,25,28). The summed E-state index contributed by atoms with van der Waals surface area (Å²) in [6.07, 6.45) is 6.84. The summed E-state index contributed by atoms with van der Waals surface area (Å²) >= 11 is 1.42. The number of hydrogen-bond donors (Lipinski definition) is 2. The first-order chi connectivity index (χ1) is 16.0. The largest absolute Gasteiger partial charge is 0.493 e. The lowest BCUT2D eigenvalue weighted by atomic mass is 9.97. The number of aromatic nitrogens is 1. The summed E-state index contributed by atoms with van der Waals surface area (Å²) in [5.74, 6) is 1.31. The van der Waals surface area contributed by atoms with E-state index in [1.807, 2.05) is 31.2 Å². The Morgan fingerprint density at radius 1 is 1.39 bits per heavy atom. The molecule has 0 radical (unpaired) electrons. The lowest BCUT2D eigenvalue weighted by Crippen LogP contribution is -2.21. The molecule has 2 N–H and O–H groups in total. The highest BCUT2D eigenvalue weighted by molar-refractivity contribution is 7.16. The number of rotatable bonds is 7. The summed E-state index contributed by atoms with van der Waals surface area (Å²) in [7, 11) is 0. The Balaban J connectivity index is 1.53. The summed E-state index contributed by atoms with van der Waals surface area (Å²) < 4.78 is 11.2. The predicted octanol–water partition coefficient (Wildman–Crippen LogP) is 2.86. The Hall–Kier alpha value is -3.04. The van der Waals surface area contributed by atoms with Gasteiger partial charge in [0.05, 0.1) is 16.8 Å². The molecule has 1 amide bonds. The number of fused-ring (bicyclic) bond motifs is 1.